The van der Waals surface area contributed by atoms with Gasteiger partial charge in [0.15, 0.2) is 0 Å². The minimum Gasteiger partial charge on any atom is -0.497 e. The van der Waals surface area contributed by atoms with Gasteiger partial charge in [-0.05, 0) is 23.8 Å². The number of hydrogen-bond acceptors (Lipinski definition) is 5. The first-order chi connectivity index (χ1) is 11.7. The zero-order chi connectivity index (χ0) is 16.7. The Bertz CT molecular complexity index is 1100. The molecule has 0 bridgehead atoms. The van der Waals surface area contributed by atoms with E-state index in [0.29, 0.717) is 16.9 Å². The highest BCUT2D eigenvalue weighted by atomic mass is 32.1. The van der Waals surface area contributed by atoms with Gasteiger partial charge in [0.05, 0.1) is 22.9 Å². The van der Waals surface area contributed by atoms with Crippen molar-refractivity contribution in [2.24, 2.45) is 0 Å². The first kappa shape index (κ1) is 14.7. The van der Waals surface area contributed by atoms with E-state index in [1.54, 1.807) is 11.5 Å². The summed E-state index contributed by atoms with van der Waals surface area (Å²) in [6, 6.07) is 15.1. The van der Waals surface area contributed by atoms with E-state index < -0.39 is 0 Å². The van der Waals surface area contributed by atoms with Gasteiger partial charge >= 0.3 is 0 Å². The molecule has 0 aliphatic carbocycles. The van der Waals surface area contributed by atoms with Crippen molar-refractivity contribution >= 4 is 26.5 Å². The van der Waals surface area contributed by atoms with Gasteiger partial charge in [0.2, 0.25) is 10.8 Å². The van der Waals surface area contributed by atoms with Crippen LogP contribution in [0.2, 0.25) is 0 Å². The van der Waals surface area contributed by atoms with E-state index in [1.807, 2.05) is 48.5 Å². The molecule has 0 spiro atoms. The van der Waals surface area contributed by atoms with Gasteiger partial charge in [-0.1, -0.05) is 41.7 Å². The van der Waals surface area contributed by atoms with Crippen LogP contribution in [0.15, 0.2) is 53.3 Å². The molecule has 2 aromatic carbocycles. The summed E-state index contributed by atoms with van der Waals surface area (Å²) in [5, 5.41) is 10.2. The van der Waals surface area contributed by atoms with Crippen LogP contribution >= 0.6 is 11.3 Å². The fourth-order valence-corrected chi connectivity index (χ4v) is 3.79. The van der Waals surface area contributed by atoms with Crippen molar-refractivity contribution < 1.29 is 9.84 Å². The summed E-state index contributed by atoms with van der Waals surface area (Å²) in [6.45, 7) is 0. The zero-order valence-electron chi connectivity index (χ0n) is 12.9. The summed E-state index contributed by atoms with van der Waals surface area (Å²) in [5.41, 5.74) is 1.78. The predicted octanol–water partition coefficient (Wildman–Crippen LogP) is 3.21. The molecule has 24 heavy (non-hydrogen) atoms. The third-order valence-electron chi connectivity index (χ3n) is 3.96. The Kier molecular flexibility index (Phi) is 3.46. The molecular formula is C18H14N2O3S. The Morgan fingerprint density at radius 3 is 2.75 bits per heavy atom. The van der Waals surface area contributed by atoms with E-state index in [9.17, 15) is 9.90 Å². The Labute approximate surface area is 141 Å². The highest BCUT2D eigenvalue weighted by Gasteiger charge is 2.16. The lowest BCUT2D eigenvalue weighted by molar-refractivity contribution is 0.415. The maximum absolute atomic E-state index is 12.9. The molecule has 0 aliphatic rings. The first-order valence-corrected chi connectivity index (χ1v) is 8.24. The lowest BCUT2D eigenvalue weighted by Crippen LogP contribution is -2.19. The van der Waals surface area contributed by atoms with Crippen LogP contribution in [-0.2, 0) is 6.42 Å². The topological polar surface area (TPSA) is 63.8 Å². The molecular weight excluding hydrogens is 324 g/mol. The molecule has 4 rings (SSSR count). The molecule has 4 aromatic rings. The molecule has 6 heteroatoms. The molecule has 5 nitrogen and oxygen atoms in total. The van der Waals surface area contributed by atoms with Crippen LogP contribution in [0.1, 0.15) is 11.1 Å². The van der Waals surface area contributed by atoms with E-state index >= 15 is 0 Å². The number of nitrogens with zero attached hydrogens (tertiary/aromatic N) is 2. The lowest BCUT2D eigenvalue weighted by atomic mass is 10.1. The van der Waals surface area contributed by atoms with Crippen LogP contribution in [0.3, 0.4) is 0 Å². The van der Waals surface area contributed by atoms with Crippen LogP contribution in [0, 0.1) is 0 Å². The van der Waals surface area contributed by atoms with Gasteiger partial charge in [-0.2, -0.15) is 4.98 Å². The fraction of sp³-hybridized carbons (Fsp3) is 0.111. The van der Waals surface area contributed by atoms with Gasteiger partial charge in [-0.3, -0.25) is 9.20 Å². The van der Waals surface area contributed by atoms with E-state index in [1.165, 1.54) is 11.3 Å². The third kappa shape index (κ3) is 2.32. The summed E-state index contributed by atoms with van der Waals surface area (Å²) < 4.78 is 7.66. The van der Waals surface area contributed by atoms with Gasteiger partial charge < -0.3 is 9.84 Å². The van der Waals surface area contributed by atoms with Gasteiger partial charge in [0.25, 0.3) is 5.56 Å². The molecule has 2 heterocycles. The number of ether oxygens (including phenoxy) is 1. The van der Waals surface area contributed by atoms with Gasteiger partial charge in [0, 0.05) is 6.42 Å². The Morgan fingerprint density at radius 2 is 2.00 bits per heavy atom. The summed E-state index contributed by atoms with van der Waals surface area (Å²) in [4.78, 5) is 17.6. The summed E-state index contributed by atoms with van der Waals surface area (Å²) in [7, 11) is 1.60. The number of aromatic hydroxyl groups is 1. The monoisotopic (exact) mass is 338 g/mol. The van der Waals surface area contributed by atoms with Gasteiger partial charge in [0.1, 0.15) is 5.75 Å². The standard InChI is InChI=1S/C18H14N2O3S/c1-23-12-7-8-14-15(10-12)24-18-19-16(21)13(17(22)20(14)18)9-11-5-3-2-4-6-11/h2-8,10,21H,9H2,1H3. The second-order valence-electron chi connectivity index (χ2n) is 5.44. The van der Waals surface area contributed by atoms with Crippen molar-refractivity contribution in [2.45, 2.75) is 6.42 Å². The van der Waals surface area contributed by atoms with Crippen molar-refractivity contribution in [3.8, 4) is 11.6 Å². The third-order valence-corrected chi connectivity index (χ3v) is 4.96. The second kappa shape index (κ2) is 5.65. The average molecular weight is 338 g/mol. The van der Waals surface area contributed by atoms with Crippen molar-refractivity contribution in [2.75, 3.05) is 7.11 Å². The van der Waals surface area contributed by atoms with Crippen molar-refractivity contribution in [3.05, 3.63) is 70.0 Å². The SMILES string of the molecule is COc1ccc2c(c1)sc1nc(O)c(Cc3ccccc3)c(=O)n12. The van der Waals surface area contributed by atoms with E-state index in [4.69, 9.17) is 4.74 Å². The van der Waals surface area contributed by atoms with Crippen LogP contribution in [0.4, 0.5) is 0 Å². The largest absolute Gasteiger partial charge is 0.497 e. The molecule has 0 saturated carbocycles. The molecule has 0 atom stereocenters. The molecule has 0 unspecified atom stereocenters. The molecule has 2 aromatic heterocycles. The number of thiazole rings is 1. The number of benzene rings is 2. The van der Waals surface area contributed by atoms with Crippen LogP contribution in [0.5, 0.6) is 11.6 Å². The summed E-state index contributed by atoms with van der Waals surface area (Å²) in [5.74, 6) is 0.512. The summed E-state index contributed by atoms with van der Waals surface area (Å²) >= 11 is 1.35. The van der Waals surface area contributed by atoms with Crippen LogP contribution < -0.4 is 10.3 Å². The first-order valence-electron chi connectivity index (χ1n) is 7.42. The molecule has 0 amide bonds. The number of fused-ring (bicyclic) bond motifs is 3. The van der Waals surface area contributed by atoms with Crippen molar-refractivity contribution in [1.82, 2.24) is 9.38 Å². The number of aromatic nitrogens is 2. The van der Waals surface area contributed by atoms with E-state index in [0.717, 1.165) is 21.5 Å². The Morgan fingerprint density at radius 1 is 1.21 bits per heavy atom. The second-order valence-corrected chi connectivity index (χ2v) is 6.44. The summed E-state index contributed by atoms with van der Waals surface area (Å²) in [6.07, 6.45) is 0.342. The van der Waals surface area contributed by atoms with Crippen LogP contribution in [0.25, 0.3) is 15.2 Å². The number of methoxy groups -OCH3 is 1. The quantitative estimate of drug-likeness (QED) is 0.623. The Balaban J connectivity index is 1.95. The molecule has 0 aliphatic heterocycles. The Hall–Kier alpha value is -2.86. The fourth-order valence-electron chi connectivity index (χ4n) is 2.75. The number of rotatable bonds is 3. The maximum atomic E-state index is 12.9. The molecule has 0 saturated heterocycles. The average Bonchev–Trinajstić information content (AvgIpc) is 2.96. The molecule has 0 radical (unpaired) electrons. The predicted molar refractivity (Wildman–Crippen MR) is 94.3 cm³/mol. The number of hydrogen-bond donors (Lipinski definition) is 1. The van der Waals surface area contributed by atoms with E-state index in [-0.39, 0.29) is 11.4 Å². The lowest BCUT2D eigenvalue weighted by Gasteiger charge is -2.05. The smallest absolute Gasteiger partial charge is 0.266 e. The highest BCUT2D eigenvalue weighted by Crippen LogP contribution is 2.29. The molecule has 0 fully saturated rings. The highest BCUT2D eigenvalue weighted by molar-refractivity contribution is 7.23. The molecule has 120 valence electrons. The van der Waals surface area contributed by atoms with Gasteiger partial charge in [-0.15, -0.1) is 0 Å². The normalized spacial score (nSPS) is 11.2. The minimum atomic E-state index is -0.238. The van der Waals surface area contributed by atoms with Crippen molar-refractivity contribution in [3.63, 3.8) is 0 Å². The van der Waals surface area contributed by atoms with Crippen LogP contribution in [-0.4, -0.2) is 21.6 Å². The van der Waals surface area contributed by atoms with Gasteiger partial charge in [-0.25, -0.2) is 0 Å². The van der Waals surface area contributed by atoms with E-state index in [2.05, 4.69) is 4.98 Å². The zero-order valence-corrected chi connectivity index (χ0v) is 13.7. The minimum absolute atomic E-state index is 0.206. The molecule has 1 N–H and O–H groups in total. The van der Waals surface area contributed by atoms with Crippen molar-refractivity contribution in [1.29, 1.82) is 0 Å². The maximum Gasteiger partial charge on any atom is 0.266 e.